The first-order valence-corrected chi connectivity index (χ1v) is 1.15. The van der Waals surface area contributed by atoms with Crippen molar-refractivity contribution in [2.24, 2.45) is 0 Å². The first kappa shape index (κ1) is 66.5. The fraction of sp³-hybridized carbons (Fsp3) is 0. The van der Waals surface area contributed by atoms with Gasteiger partial charge >= 0.3 is 8.69 Å². The maximum atomic E-state index is 8.46. The monoisotopic (exact) mass is 132 g/mol. The van der Waals surface area contributed by atoms with E-state index in [0.29, 0.717) is 0 Å². The summed E-state index contributed by atoms with van der Waals surface area (Å²) in [6, 6.07) is 0. The summed E-state index contributed by atoms with van der Waals surface area (Å²) in [5.41, 5.74) is 0. The van der Waals surface area contributed by atoms with E-state index in [1.54, 1.807) is 0 Å². The molecule has 6 nitrogen and oxygen atoms in total. The smallest absolute Gasteiger partial charge is 0.324 e. The molecule has 0 atom stereocenters. The van der Waals surface area contributed by atoms with E-state index in [-0.39, 0.29) is 24.6 Å². The SMILES string of the molecule is N.N.N.N.O=PO. The summed E-state index contributed by atoms with van der Waals surface area (Å²) in [6.07, 6.45) is 0. The molecule has 0 radical (unpaired) electrons. The van der Waals surface area contributed by atoms with Gasteiger partial charge in [-0.1, -0.05) is 0 Å². The zero-order valence-electron chi connectivity index (χ0n) is 4.13. The zero-order chi connectivity index (χ0) is 2.71. The molecule has 13 N–H and O–H groups in total. The first-order valence-electron chi connectivity index (χ1n) is 0.383. The number of hydrogen-bond donors (Lipinski definition) is 5. The van der Waals surface area contributed by atoms with E-state index < -0.39 is 8.69 Å². The lowest BCUT2D eigenvalue weighted by molar-refractivity contribution is 0.524. The van der Waals surface area contributed by atoms with Gasteiger partial charge in [-0.2, -0.15) is 0 Å². The predicted octanol–water partition coefficient (Wildman–Crippen LogP) is 0.833. The quantitative estimate of drug-likeness (QED) is 0.304. The Hall–Kier alpha value is -0.100. The zero-order valence-corrected chi connectivity index (χ0v) is 5.03. The van der Waals surface area contributed by atoms with Crippen LogP contribution >= 0.6 is 8.69 Å². The van der Waals surface area contributed by atoms with Crippen molar-refractivity contribution in [2.45, 2.75) is 0 Å². The molecule has 0 aliphatic carbocycles. The average molecular weight is 132 g/mol. The van der Waals surface area contributed by atoms with E-state index in [9.17, 15) is 0 Å². The van der Waals surface area contributed by atoms with Gasteiger partial charge in [-0.15, -0.1) is 0 Å². The molecule has 0 aromatic carbocycles. The highest BCUT2D eigenvalue weighted by Crippen LogP contribution is 1.66. The lowest BCUT2D eigenvalue weighted by atomic mass is 14.0. The Balaban J connectivity index is -0.00000000333. The van der Waals surface area contributed by atoms with Crippen molar-refractivity contribution >= 4 is 8.69 Å². The van der Waals surface area contributed by atoms with Crippen LogP contribution in [0.2, 0.25) is 0 Å². The molecule has 0 aliphatic rings. The van der Waals surface area contributed by atoms with Gasteiger partial charge in [0.05, 0.1) is 0 Å². The second kappa shape index (κ2) is 175. The van der Waals surface area contributed by atoms with Crippen LogP contribution in [0.4, 0.5) is 0 Å². The van der Waals surface area contributed by atoms with E-state index in [4.69, 9.17) is 9.46 Å². The molecule has 0 saturated carbocycles. The van der Waals surface area contributed by atoms with Crippen LogP contribution in [0.15, 0.2) is 0 Å². The van der Waals surface area contributed by atoms with Crippen LogP contribution in [-0.4, -0.2) is 4.89 Å². The third-order valence-electron chi connectivity index (χ3n) is 0. The lowest BCUT2D eigenvalue weighted by Gasteiger charge is -1.24. The Morgan fingerprint density at radius 2 is 1.00 bits per heavy atom. The third-order valence-corrected chi connectivity index (χ3v) is 0. The second-order valence-corrected chi connectivity index (χ2v) is 0.245. The number of rotatable bonds is 0. The summed E-state index contributed by atoms with van der Waals surface area (Å²) >= 11 is 0. The van der Waals surface area contributed by atoms with E-state index in [0.717, 1.165) is 0 Å². The molecule has 0 heterocycles. The van der Waals surface area contributed by atoms with Crippen LogP contribution in [0.1, 0.15) is 0 Å². The van der Waals surface area contributed by atoms with Gasteiger partial charge in [0.15, 0.2) is 0 Å². The summed E-state index contributed by atoms with van der Waals surface area (Å²) in [6.45, 7) is 0. The average Bonchev–Trinajstić information content (AvgIpc) is 0.918. The molecular formula is H13N4O2P. The molecule has 0 fully saturated rings. The van der Waals surface area contributed by atoms with E-state index >= 15 is 0 Å². The van der Waals surface area contributed by atoms with Crippen LogP contribution in [0.3, 0.4) is 0 Å². The van der Waals surface area contributed by atoms with Gasteiger partial charge in [0.2, 0.25) is 0 Å². The standard InChI is InChI=1S/4H3N.HO2P/c;;;;1-3-2/h4*1H3;(H,1,2). The minimum atomic E-state index is -0.833. The molecule has 0 aromatic heterocycles. The highest BCUT2D eigenvalue weighted by atomic mass is 31.1. The maximum absolute atomic E-state index is 8.46. The highest BCUT2D eigenvalue weighted by Gasteiger charge is 1.28. The normalized spacial score (nSPS) is 3.00. The van der Waals surface area contributed by atoms with Crippen LogP contribution in [0.25, 0.3) is 0 Å². The number of hydrogen-bond acceptors (Lipinski definition) is 5. The summed E-state index contributed by atoms with van der Waals surface area (Å²) in [4.78, 5) is 6.99. The Morgan fingerprint density at radius 1 is 1.00 bits per heavy atom. The summed E-state index contributed by atoms with van der Waals surface area (Å²) in [5.74, 6) is 0. The van der Waals surface area contributed by atoms with Crippen molar-refractivity contribution in [2.75, 3.05) is 0 Å². The Labute approximate surface area is 43.9 Å². The van der Waals surface area contributed by atoms with Crippen LogP contribution < -0.4 is 24.6 Å². The maximum Gasteiger partial charge on any atom is 0.324 e. The van der Waals surface area contributed by atoms with Gasteiger partial charge in [-0.05, 0) is 0 Å². The van der Waals surface area contributed by atoms with Gasteiger partial charge < -0.3 is 29.5 Å². The Morgan fingerprint density at radius 3 is 1.00 bits per heavy atom. The molecule has 0 aromatic rings. The van der Waals surface area contributed by atoms with Crippen molar-refractivity contribution < 1.29 is 9.46 Å². The minimum absolute atomic E-state index is 0. The molecule has 0 spiro atoms. The molecule has 7 heteroatoms. The van der Waals surface area contributed by atoms with E-state index in [1.165, 1.54) is 0 Å². The van der Waals surface area contributed by atoms with Crippen LogP contribution in [0.5, 0.6) is 0 Å². The van der Waals surface area contributed by atoms with E-state index in [2.05, 4.69) is 0 Å². The van der Waals surface area contributed by atoms with Crippen LogP contribution in [0, 0.1) is 0 Å². The second-order valence-electron chi connectivity index (χ2n) is 0.0816. The van der Waals surface area contributed by atoms with Crippen LogP contribution in [-0.2, 0) is 4.57 Å². The Kier molecular flexibility index (Phi) is 1660. The van der Waals surface area contributed by atoms with Crippen molar-refractivity contribution in [3.63, 3.8) is 0 Å². The van der Waals surface area contributed by atoms with E-state index in [1.807, 2.05) is 0 Å². The molecular weight excluding hydrogens is 119 g/mol. The fourth-order valence-corrected chi connectivity index (χ4v) is 0. The topological polar surface area (TPSA) is 177 Å². The highest BCUT2D eigenvalue weighted by molar-refractivity contribution is 7.16. The van der Waals surface area contributed by atoms with Gasteiger partial charge in [-0.25, -0.2) is 4.57 Å². The predicted molar refractivity (Wildman–Crippen MR) is 29.9 cm³/mol. The molecule has 0 unspecified atom stereocenters. The van der Waals surface area contributed by atoms with Gasteiger partial charge in [0, 0.05) is 0 Å². The fourth-order valence-electron chi connectivity index (χ4n) is 0. The minimum Gasteiger partial charge on any atom is -0.344 e. The molecule has 7 heavy (non-hydrogen) atoms. The molecule has 0 amide bonds. The third kappa shape index (κ3) is 8970. The Bertz CT molecular complexity index is 17.2. The molecule has 0 saturated heterocycles. The summed E-state index contributed by atoms with van der Waals surface area (Å²) < 4.78 is 8.46. The summed E-state index contributed by atoms with van der Waals surface area (Å²) in [5, 5.41) is 0. The first-order chi connectivity index (χ1) is 1.41. The lowest BCUT2D eigenvalue weighted by Crippen LogP contribution is -1.03. The molecule has 0 bridgehead atoms. The largest absolute Gasteiger partial charge is 0.344 e. The van der Waals surface area contributed by atoms with Gasteiger partial charge in [-0.3, -0.25) is 0 Å². The molecule has 0 aliphatic heterocycles. The van der Waals surface area contributed by atoms with Crippen molar-refractivity contribution in [3.05, 3.63) is 0 Å². The van der Waals surface area contributed by atoms with Crippen molar-refractivity contribution in [1.29, 1.82) is 0 Å². The van der Waals surface area contributed by atoms with Gasteiger partial charge in [0.1, 0.15) is 0 Å². The molecule has 0 rings (SSSR count). The van der Waals surface area contributed by atoms with Crippen molar-refractivity contribution in [3.8, 4) is 0 Å². The van der Waals surface area contributed by atoms with Gasteiger partial charge in [0.25, 0.3) is 0 Å². The summed E-state index contributed by atoms with van der Waals surface area (Å²) in [7, 11) is -0.833. The molecule has 50 valence electrons. The van der Waals surface area contributed by atoms with Crippen molar-refractivity contribution in [1.82, 2.24) is 24.6 Å².